The molecule has 20 heavy (non-hydrogen) atoms. The molecule has 0 bridgehead atoms. The number of aryl methyl sites for hydroxylation is 3. The van der Waals surface area contributed by atoms with E-state index in [2.05, 4.69) is 9.97 Å². The molecule has 0 fully saturated rings. The summed E-state index contributed by atoms with van der Waals surface area (Å²) in [5.41, 5.74) is 8.13. The number of hydrogen-bond acceptors (Lipinski definition) is 5. The van der Waals surface area contributed by atoms with Crippen LogP contribution in [-0.4, -0.2) is 27.6 Å². The highest BCUT2D eigenvalue weighted by Gasteiger charge is 2.21. The monoisotopic (exact) mass is 274 g/mol. The normalized spacial score (nSPS) is 10.6. The number of esters is 1. The molecule has 0 saturated heterocycles. The molecule has 106 valence electrons. The minimum atomic E-state index is -0.541. The Hall–Kier alpha value is -2.37. The van der Waals surface area contributed by atoms with Crippen molar-refractivity contribution in [3.05, 3.63) is 34.9 Å². The lowest BCUT2D eigenvalue weighted by atomic mass is 10.2. The van der Waals surface area contributed by atoms with Gasteiger partial charge in [0.05, 0.1) is 7.11 Å². The third kappa shape index (κ3) is 2.36. The number of carbonyl (C=O) groups is 1. The standard InChI is InChI=1S/C14H18N4O2/c1-5-10-17-12(14(19)20-4)13(15)18(10)11-7-8(2)6-9(3)16-11/h6-7H,5,15H2,1-4H3. The number of aromatic nitrogens is 3. The van der Waals surface area contributed by atoms with Gasteiger partial charge in [-0.15, -0.1) is 0 Å². The Balaban J connectivity index is 2.66. The van der Waals surface area contributed by atoms with E-state index in [9.17, 15) is 4.79 Å². The number of methoxy groups -OCH3 is 1. The van der Waals surface area contributed by atoms with Crippen LogP contribution in [0.3, 0.4) is 0 Å². The molecule has 2 aromatic heterocycles. The molecule has 0 saturated carbocycles. The number of hydrogen-bond donors (Lipinski definition) is 1. The van der Waals surface area contributed by atoms with Crippen molar-refractivity contribution >= 4 is 11.8 Å². The van der Waals surface area contributed by atoms with E-state index in [1.54, 1.807) is 4.57 Å². The van der Waals surface area contributed by atoms with Gasteiger partial charge in [-0.2, -0.15) is 0 Å². The van der Waals surface area contributed by atoms with Gasteiger partial charge >= 0.3 is 5.97 Å². The van der Waals surface area contributed by atoms with E-state index in [0.29, 0.717) is 18.1 Å². The second-order valence-electron chi connectivity index (χ2n) is 4.59. The molecule has 0 atom stereocenters. The molecule has 6 heteroatoms. The van der Waals surface area contributed by atoms with Gasteiger partial charge in [0.15, 0.2) is 5.69 Å². The Morgan fingerprint density at radius 3 is 2.60 bits per heavy atom. The maximum Gasteiger partial charge on any atom is 0.360 e. The van der Waals surface area contributed by atoms with Crippen LogP contribution in [0.2, 0.25) is 0 Å². The zero-order valence-corrected chi connectivity index (χ0v) is 12.1. The van der Waals surface area contributed by atoms with Gasteiger partial charge in [0.1, 0.15) is 17.5 Å². The third-order valence-corrected chi connectivity index (χ3v) is 2.99. The molecule has 6 nitrogen and oxygen atoms in total. The molecule has 2 rings (SSSR count). The highest BCUT2D eigenvalue weighted by Crippen LogP contribution is 2.21. The van der Waals surface area contributed by atoms with Crippen LogP contribution in [0.4, 0.5) is 5.82 Å². The Morgan fingerprint density at radius 2 is 2.05 bits per heavy atom. The lowest BCUT2D eigenvalue weighted by molar-refractivity contribution is 0.0596. The van der Waals surface area contributed by atoms with Crippen LogP contribution in [0.1, 0.15) is 34.5 Å². The van der Waals surface area contributed by atoms with Crippen LogP contribution in [0.25, 0.3) is 5.82 Å². The summed E-state index contributed by atoms with van der Waals surface area (Å²) in [5.74, 6) is 1.06. The fourth-order valence-corrected chi connectivity index (χ4v) is 2.16. The molecule has 0 radical (unpaired) electrons. The number of nitrogen functional groups attached to an aromatic ring is 1. The number of nitrogens with zero attached hydrogens (tertiary/aromatic N) is 3. The number of nitrogens with two attached hydrogens (primary N) is 1. The van der Waals surface area contributed by atoms with Gasteiger partial charge in [-0.3, -0.25) is 4.57 Å². The molecular weight excluding hydrogens is 256 g/mol. The number of imidazole rings is 1. The van der Waals surface area contributed by atoms with Crippen molar-refractivity contribution in [1.82, 2.24) is 14.5 Å². The van der Waals surface area contributed by atoms with Crippen LogP contribution in [0.15, 0.2) is 12.1 Å². The molecule has 0 aliphatic heterocycles. The highest BCUT2D eigenvalue weighted by atomic mass is 16.5. The fourth-order valence-electron chi connectivity index (χ4n) is 2.16. The first kappa shape index (κ1) is 14.0. The van der Waals surface area contributed by atoms with Gasteiger partial charge in [-0.1, -0.05) is 6.92 Å². The maximum atomic E-state index is 11.7. The zero-order chi connectivity index (χ0) is 14.9. The van der Waals surface area contributed by atoms with Gasteiger partial charge in [0, 0.05) is 12.1 Å². The molecule has 0 aliphatic carbocycles. The van der Waals surface area contributed by atoms with E-state index in [-0.39, 0.29) is 11.5 Å². The predicted molar refractivity (Wildman–Crippen MR) is 76.0 cm³/mol. The van der Waals surface area contributed by atoms with E-state index in [4.69, 9.17) is 10.5 Å². The first-order valence-electron chi connectivity index (χ1n) is 6.39. The van der Waals surface area contributed by atoms with Gasteiger partial charge < -0.3 is 10.5 Å². The lowest BCUT2D eigenvalue weighted by Crippen LogP contribution is -2.09. The van der Waals surface area contributed by atoms with Crippen LogP contribution < -0.4 is 5.73 Å². The van der Waals surface area contributed by atoms with Gasteiger partial charge in [-0.25, -0.2) is 14.8 Å². The molecule has 0 aromatic carbocycles. The average Bonchev–Trinajstić information content (AvgIpc) is 2.73. The van der Waals surface area contributed by atoms with Gasteiger partial charge in [0.25, 0.3) is 0 Å². The first-order valence-corrected chi connectivity index (χ1v) is 6.39. The van der Waals surface area contributed by atoms with Crippen molar-refractivity contribution in [3.63, 3.8) is 0 Å². The van der Waals surface area contributed by atoms with Crippen LogP contribution in [0.5, 0.6) is 0 Å². The molecule has 2 N–H and O–H groups in total. The summed E-state index contributed by atoms with van der Waals surface area (Å²) in [6, 6.07) is 3.88. The number of pyridine rings is 1. The van der Waals surface area contributed by atoms with Crippen LogP contribution >= 0.6 is 0 Å². The quantitative estimate of drug-likeness (QED) is 0.863. The second-order valence-corrected chi connectivity index (χ2v) is 4.59. The largest absolute Gasteiger partial charge is 0.464 e. The number of rotatable bonds is 3. The Morgan fingerprint density at radius 1 is 1.35 bits per heavy atom. The second kappa shape index (κ2) is 5.32. The topological polar surface area (TPSA) is 83.0 Å². The number of carbonyl (C=O) groups excluding carboxylic acids is 1. The van der Waals surface area contributed by atoms with E-state index in [1.165, 1.54) is 7.11 Å². The van der Waals surface area contributed by atoms with E-state index in [0.717, 1.165) is 11.3 Å². The predicted octanol–water partition coefficient (Wildman–Crippen LogP) is 1.82. The Bertz CT molecular complexity index is 641. The summed E-state index contributed by atoms with van der Waals surface area (Å²) in [6.45, 7) is 5.84. The molecule has 0 spiro atoms. The summed E-state index contributed by atoms with van der Waals surface area (Å²) in [7, 11) is 1.31. The van der Waals surface area contributed by atoms with Crippen molar-refractivity contribution in [1.29, 1.82) is 0 Å². The first-order chi connectivity index (χ1) is 9.47. The average molecular weight is 274 g/mol. The molecule has 0 unspecified atom stereocenters. The van der Waals surface area contributed by atoms with Crippen molar-refractivity contribution in [2.75, 3.05) is 12.8 Å². The van der Waals surface area contributed by atoms with Crippen molar-refractivity contribution < 1.29 is 9.53 Å². The summed E-state index contributed by atoms with van der Waals surface area (Å²) in [4.78, 5) is 20.4. The molecule has 2 heterocycles. The summed E-state index contributed by atoms with van der Waals surface area (Å²) < 4.78 is 6.40. The smallest absolute Gasteiger partial charge is 0.360 e. The lowest BCUT2D eigenvalue weighted by Gasteiger charge is -2.09. The number of ether oxygens (including phenoxy) is 1. The van der Waals surface area contributed by atoms with Crippen LogP contribution in [0, 0.1) is 13.8 Å². The Kier molecular flexibility index (Phi) is 3.74. The maximum absolute atomic E-state index is 11.7. The summed E-state index contributed by atoms with van der Waals surface area (Å²) in [6.07, 6.45) is 0.635. The SMILES string of the molecule is CCc1nc(C(=O)OC)c(N)n1-c1cc(C)cc(C)n1. The van der Waals surface area contributed by atoms with Crippen LogP contribution in [-0.2, 0) is 11.2 Å². The third-order valence-electron chi connectivity index (χ3n) is 2.99. The fraction of sp³-hybridized carbons (Fsp3) is 0.357. The summed E-state index contributed by atoms with van der Waals surface area (Å²) >= 11 is 0. The van der Waals surface area contributed by atoms with E-state index >= 15 is 0 Å². The zero-order valence-electron chi connectivity index (χ0n) is 12.1. The van der Waals surface area contributed by atoms with E-state index < -0.39 is 5.97 Å². The van der Waals surface area contributed by atoms with Crippen molar-refractivity contribution in [3.8, 4) is 5.82 Å². The highest BCUT2D eigenvalue weighted by molar-refractivity contribution is 5.92. The minimum Gasteiger partial charge on any atom is -0.464 e. The molecule has 2 aromatic rings. The van der Waals surface area contributed by atoms with Crippen molar-refractivity contribution in [2.24, 2.45) is 0 Å². The molecule has 0 amide bonds. The Labute approximate surface area is 117 Å². The molecular formula is C14H18N4O2. The summed E-state index contributed by atoms with van der Waals surface area (Å²) in [5, 5.41) is 0. The minimum absolute atomic E-state index is 0.130. The van der Waals surface area contributed by atoms with Gasteiger partial charge in [-0.05, 0) is 31.5 Å². The van der Waals surface area contributed by atoms with Crippen molar-refractivity contribution in [2.45, 2.75) is 27.2 Å². The van der Waals surface area contributed by atoms with Gasteiger partial charge in [0.2, 0.25) is 0 Å². The van der Waals surface area contributed by atoms with E-state index in [1.807, 2.05) is 32.9 Å². The number of anilines is 1. The molecule has 0 aliphatic rings.